The summed E-state index contributed by atoms with van der Waals surface area (Å²) in [5.74, 6) is 1.28. The predicted octanol–water partition coefficient (Wildman–Crippen LogP) is 6.70. The van der Waals surface area contributed by atoms with Crippen LogP contribution in [-0.4, -0.2) is 49.9 Å². The number of benzene rings is 3. The first-order valence-electron chi connectivity index (χ1n) is 12.9. The summed E-state index contributed by atoms with van der Waals surface area (Å²) in [4.78, 5) is 32.4. The maximum atomic E-state index is 13.6. The topological polar surface area (TPSA) is 98.8 Å². The number of hydrogen-bond acceptors (Lipinski definition) is 6. The van der Waals surface area contributed by atoms with Crippen LogP contribution in [-0.2, 0) is 0 Å². The van der Waals surface area contributed by atoms with E-state index in [0.29, 0.717) is 40.0 Å². The van der Waals surface area contributed by atoms with Crippen LogP contribution in [0.5, 0.6) is 0 Å². The molecule has 8 nitrogen and oxygen atoms in total. The molecule has 1 aliphatic rings. The minimum absolute atomic E-state index is 0.0818. The van der Waals surface area contributed by atoms with Crippen LogP contribution in [0.4, 0.5) is 11.5 Å². The molecule has 0 bridgehead atoms. The SMILES string of the molecule is CC(Nc1ncnc2cc(C(=O)N3CCC[C@@H]3CNc3ccccc3)c(Cl)cc12)c1nc2ccc(Cl)cc2[nH]1. The Kier molecular flexibility index (Phi) is 6.97. The number of anilines is 2. The number of nitrogens with zero attached hydrogens (tertiary/aromatic N) is 4. The van der Waals surface area contributed by atoms with Gasteiger partial charge in [-0.1, -0.05) is 41.4 Å². The summed E-state index contributed by atoms with van der Waals surface area (Å²) >= 11 is 12.8. The number of aromatic nitrogens is 4. The third kappa shape index (κ3) is 5.22. The van der Waals surface area contributed by atoms with Gasteiger partial charge < -0.3 is 20.5 Å². The number of halogens is 2. The van der Waals surface area contributed by atoms with Crippen molar-refractivity contribution >= 4 is 62.6 Å². The zero-order valence-corrected chi connectivity index (χ0v) is 22.8. The molecule has 6 rings (SSSR count). The van der Waals surface area contributed by atoms with Crippen LogP contribution in [0.2, 0.25) is 10.0 Å². The van der Waals surface area contributed by atoms with Gasteiger partial charge in [-0.3, -0.25) is 4.79 Å². The summed E-state index contributed by atoms with van der Waals surface area (Å²) in [6.45, 7) is 3.37. The van der Waals surface area contributed by atoms with E-state index in [2.05, 4.69) is 30.6 Å². The van der Waals surface area contributed by atoms with E-state index in [1.54, 1.807) is 12.1 Å². The van der Waals surface area contributed by atoms with Crippen LogP contribution in [0.25, 0.3) is 21.9 Å². The Morgan fingerprint density at radius 2 is 1.95 bits per heavy atom. The van der Waals surface area contributed by atoms with Gasteiger partial charge in [0.05, 0.1) is 33.2 Å². The summed E-state index contributed by atoms with van der Waals surface area (Å²) in [7, 11) is 0. The van der Waals surface area contributed by atoms with Crippen LogP contribution in [0.1, 0.15) is 42.0 Å². The van der Waals surface area contributed by atoms with Crippen LogP contribution < -0.4 is 10.6 Å². The highest BCUT2D eigenvalue weighted by Crippen LogP contribution is 2.31. The highest BCUT2D eigenvalue weighted by Gasteiger charge is 2.30. The molecule has 198 valence electrons. The number of fused-ring (bicyclic) bond motifs is 2. The Balaban J connectivity index is 1.22. The zero-order chi connectivity index (χ0) is 26.9. The van der Waals surface area contributed by atoms with Crippen molar-refractivity contribution in [2.45, 2.75) is 31.8 Å². The average Bonchev–Trinajstić information content (AvgIpc) is 3.59. The standard InChI is InChI=1S/C29H27Cl2N7O/c1-17(27-36-24-10-9-18(30)12-26(24)37-27)35-28-22-13-23(31)21(14-25(22)33-16-34-28)29(39)38-11-5-8-20(38)15-32-19-6-3-2-4-7-19/h2-4,6-7,9-10,12-14,16-17,20,32H,5,8,11,15H2,1H3,(H,36,37)(H,33,34,35)/t17?,20-/m1/s1. The number of H-pyrrole nitrogens is 1. The van der Waals surface area contributed by atoms with Crippen molar-refractivity contribution in [3.8, 4) is 0 Å². The van der Waals surface area contributed by atoms with E-state index < -0.39 is 0 Å². The second kappa shape index (κ2) is 10.7. The van der Waals surface area contributed by atoms with Gasteiger partial charge in [-0.05, 0) is 62.2 Å². The van der Waals surface area contributed by atoms with E-state index >= 15 is 0 Å². The number of carbonyl (C=O) groups is 1. The summed E-state index contributed by atoms with van der Waals surface area (Å²) in [5.41, 5.74) is 3.83. The zero-order valence-electron chi connectivity index (χ0n) is 21.3. The fourth-order valence-electron chi connectivity index (χ4n) is 5.10. The molecule has 2 aromatic heterocycles. The molecular formula is C29H27Cl2N7O. The van der Waals surface area contributed by atoms with Gasteiger partial charge in [-0.25, -0.2) is 15.0 Å². The fourth-order valence-corrected chi connectivity index (χ4v) is 5.51. The number of aromatic amines is 1. The Labute approximate surface area is 235 Å². The Bertz CT molecular complexity index is 1660. The second-order valence-corrected chi connectivity index (χ2v) is 10.6. The quantitative estimate of drug-likeness (QED) is 0.205. The van der Waals surface area contributed by atoms with Crippen molar-refractivity contribution in [3.05, 3.63) is 88.4 Å². The molecule has 3 N–H and O–H groups in total. The number of hydrogen-bond donors (Lipinski definition) is 3. The van der Waals surface area contributed by atoms with Gasteiger partial charge in [0.2, 0.25) is 0 Å². The molecule has 2 atom stereocenters. The minimum Gasteiger partial charge on any atom is -0.383 e. The van der Waals surface area contributed by atoms with Gasteiger partial charge in [-0.2, -0.15) is 0 Å². The number of rotatable bonds is 7. The maximum absolute atomic E-state index is 13.6. The maximum Gasteiger partial charge on any atom is 0.255 e. The summed E-state index contributed by atoms with van der Waals surface area (Å²) in [5, 5.41) is 8.60. The average molecular weight is 560 g/mol. The number of nitrogens with one attached hydrogen (secondary N) is 3. The molecule has 1 unspecified atom stereocenters. The van der Waals surface area contributed by atoms with E-state index in [1.807, 2.05) is 60.4 Å². The van der Waals surface area contributed by atoms with Gasteiger partial charge in [0.25, 0.3) is 5.91 Å². The van der Waals surface area contributed by atoms with Gasteiger partial charge in [0.1, 0.15) is 18.0 Å². The van der Waals surface area contributed by atoms with Gasteiger partial charge in [-0.15, -0.1) is 0 Å². The van der Waals surface area contributed by atoms with Crippen LogP contribution in [0, 0.1) is 0 Å². The van der Waals surface area contributed by atoms with Gasteiger partial charge >= 0.3 is 0 Å². The Hall–Kier alpha value is -3.88. The molecule has 0 aliphatic carbocycles. The molecule has 5 aromatic rings. The third-order valence-corrected chi connectivity index (χ3v) is 7.68. The molecule has 1 amide bonds. The summed E-state index contributed by atoms with van der Waals surface area (Å²) in [6.07, 6.45) is 3.39. The monoisotopic (exact) mass is 559 g/mol. The number of para-hydroxylation sites is 1. The summed E-state index contributed by atoms with van der Waals surface area (Å²) < 4.78 is 0. The first kappa shape index (κ1) is 25.4. The number of amides is 1. The van der Waals surface area contributed by atoms with E-state index in [0.717, 1.165) is 40.8 Å². The highest BCUT2D eigenvalue weighted by atomic mass is 35.5. The minimum atomic E-state index is -0.183. The summed E-state index contributed by atoms with van der Waals surface area (Å²) in [6, 6.07) is 19.0. The molecule has 10 heteroatoms. The lowest BCUT2D eigenvalue weighted by Gasteiger charge is -2.26. The third-order valence-electron chi connectivity index (χ3n) is 7.13. The smallest absolute Gasteiger partial charge is 0.255 e. The normalized spacial score (nSPS) is 16.1. The lowest BCUT2D eigenvalue weighted by Crippen LogP contribution is -2.39. The molecule has 0 spiro atoms. The molecular weight excluding hydrogens is 533 g/mol. The van der Waals surface area contributed by atoms with Crippen molar-refractivity contribution in [1.82, 2.24) is 24.8 Å². The van der Waals surface area contributed by atoms with Crippen molar-refractivity contribution in [2.75, 3.05) is 23.7 Å². The lowest BCUT2D eigenvalue weighted by molar-refractivity contribution is 0.0744. The van der Waals surface area contributed by atoms with Crippen LogP contribution in [0.3, 0.4) is 0 Å². The largest absolute Gasteiger partial charge is 0.383 e. The van der Waals surface area contributed by atoms with Crippen molar-refractivity contribution in [2.24, 2.45) is 0 Å². The van der Waals surface area contributed by atoms with E-state index in [1.165, 1.54) is 6.33 Å². The van der Waals surface area contributed by atoms with E-state index in [9.17, 15) is 4.79 Å². The first-order chi connectivity index (χ1) is 19.0. The van der Waals surface area contributed by atoms with Crippen molar-refractivity contribution in [1.29, 1.82) is 0 Å². The molecule has 3 aromatic carbocycles. The molecule has 39 heavy (non-hydrogen) atoms. The van der Waals surface area contributed by atoms with E-state index in [-0.39, 0.29) is 18.0 Å². The molecule has 1 aliphatic heterocycles. The Morgan fingerprint density at radius 3 is 2.79 bits per heavy atom. The molecule has 1 saturated heterocycles. The van der Waals surface area contributed by atoms with E-state index in [4.69, 9.17) is 23.2 Å². The Morgan fingerprint density at radius 1 is 1.10 bits per heavy atom. The number of likely N-dealkylation sites (tertiary alicyclic amines) is 1. The molecule has 1 fully saturated rings. The number of imidazole rings is 1. The highest BCUT2D eigenvalue weighted by molar-refractivity contribution is 6.35. The fraction of sp³-hybridized carbons (Fsp3) is 0.241. The second-order valence-electron chi connectivity index (χ2n) is 9.76. The number of carbonyl (C=O) groups excluding carboxylic acids is 1. The molecule has 3 heterocycles. The molecule has 0 saturated carbocycles. The lowest BCUT2D eigenvalue weighted by atomic mass is 10.1. The van der Waals surface area contributed by atoms with Gasteiger partial charge in [0, 0.05) is 35.2 Å². The van der Waals surface area contributed by atoms with Crippen molar-refractivity contribution in [3.63, 3.8) is 0 Å². The van der Waals surface area contributed by atoms with Crippen LogP contribution in [0.15, 0.2) is 67.0 Å². The van der Waals surface area contributed by atoms with Gasteiger partial charge in [0.15, 0.2) is 0 Å². The predicted molar refractivity (Wildman–Crippen MR) is 157 cm³/mol. The first-order valence-corrected chi connectivity index (χ1v) is 13.7. The molecule has 0 radical (unpaired) electrons. The van der Waals surface area contributed by atoms with Crippen LogP contribution >= 0.6 is 23.2 Å². The van der Waals surface area contributed by atoms with Crippen molar-refractivity contribution < 1.29 is 4.79 Å².